The van der Waals surface area contributed by atoms with Gasteiger partial charge in [0.25, 0.3) is 5.91 Å². The maximum Gasteiger partial charge on any atom is 0.416 e. The lowest BCUT2D eigenvalue weighted by molar-refractivity contribution is -0.152. The number of carbonyl (C=O) groups is 4. The predicted molar refractivity (Wildman–Crippen MR) is 134 cm³/mol. The monoisotopic (exact) mass is 548 g/mol. The zero-order valence-electron chi connectivity index (χ0n) is 21.8. The van der Waals surface area contributed by atoms with Gasteiger partial charge in [-0.2, -0.15) is 13.2 Å². The molecule has 1 N–H and O–H groups in total. The molecule has 4 rings (SSSR count). The molecule has 0 spiro atoms. The topological polar surface area (TPSA) is 99.3 Å². The van der Waals surface area contributed by atoms with Crippen molar-refractivity contribution in [1.82, 2.24) is 20.0 Å². The van der Waals surface area contributed by atoms with Crippen molar-refractivity contribution in [3.8, 4) is 0 Å². The molecule has 210 valence electrons. The smallest absolute Gasteiger partial charge is 0.416 e. The Morgan fingerprint density at radius 2 is 1.87 bits per heavy atom. The van der Waals surface area contributed by atoms with Gasteiger partial charge in [0.2, 0.25) is 5.91 Å². The molecule has 0 aliphatic carbocycles. The number of carbonyl (C=O) groups excluding carboxylic acids is 4. The van der Waals surface area contributed by atoms with E-state index in [4.69, 9.17) is 4.74 Å². The van der Waals surface area contributed by atoms with E-state index in [1.54, 1.807) is 18.7 Å². The van der Waals surface area contributed by atoms with Gasteiger partial charge >= 0.3 is 18.2 Å². The first-order valence-electron chi connectivity index (χ1n) is 12.8. The second kappa shape index (κ2) is 11.1. The average molecular weight is 549 g/mol. The van der Waals surface area contributed by atoms with E-state index in [0.717, 1.165) is 6.07 Å². The summed E-state index contributed by atoms with van der Waals surface area (Å²) in [6.07, 6.45) is -2.40. The zero-order chi connectivity index (χ0) is 28.5. The minimum atomic E-state index is -4.71. The summed E-state index contributed by atoms with van der Waals surface area (Å²) in [6.45, 7) is 7.73. The van der Waals surface area contributed by atoms with E-state index in [9.17, 15) is 32.3 Å². The Morgan fingerprint density at radius 3 is 2.49 bits per heavy atom. The van der Waals surface area contributed by atoms with E-state index < -0.39 is 35.8 Å². The Bertz CT molecular complexity index is 1210. The third-order valence-electron chi connectivity index (χ3n) is 7.39. The Balaban J connectivity index is 1.60. The fourth-order valence-corrected chi connectivity index (χ4v) is 5.38. The predicted octanol–water partition coefficient (Wildman–Crippen LogP) is 3.24. The lowest BCUT2D eigenvalue weighted by Gasteiger charge is -2.35. The van der Waals surface area contributed by atoms with E-state index in [1.807, 2.05) is 0 Å². The molecule has 0 radical (unpaired) electrons. The van der Waals surface area contributed by atoms with Gasteiger partial charge in [0.1, 0.15) is 6.04 Å². The van der Waals surface area contributed by atoms with Crippen LogP contribution >= 0.6 is 0 Å². The summed E-state index contributed by atoms with van der Waals surface area (Å²) < 4.78 is 46.6. The van der Waals surface area contributed by atoms with E-state index >= 15 is 0 Å². The quantitative estimate of drug-likeness (QED) is 0.417. The van der Waals surface area contributed by atoms with Crippen LogP contribution in [0.2, 0.25) is 0 Å². The van der Waals surface area contributed by atoms with Gasteiger partial charge in [-0.1, -0.05) is 24.3 Å². The molecule has 0 bridgehead atoms. The number of urea groups is 1. The SMILES string of the molecule is C=CCN1C(=O)N[C@H](c2ccccc2C(F)(F)F)C2=C1CN([C@H](C)C(=O)N1CCC(C(=O)OCC)CC1)C2=O. The Hall–Kier alpha value is -3.83. The number of ether oxygens (including phenoxy) is 1. The number of piperidine rings is 1. The van der Waals surface area contributed by atoms with Crippen LogP contribution in [0.4, 0.5) is 18.0 Å². The van der Waals surface area contributed by atoms with Crippen LogP contribution in [-0.2, 0) is 25.3 Å². The molecule has 39 heavy (non-hydrogen) atoms. The number of esters is 1. The van der Waals surface area contributed by atoms with E-state index in [-0.39, 0.29) is 54.3 Å². The van der Waals surface area contributed by atoms with Crippen molar-refractivity contribution in [3.05, 3.63) is 59.3 Å². The summed E-state index contributed by atoms with van der Waals surface area (Å²) in [4.78, 5) is 56.3. The average Bonchev–Trinajstić information content (AvgIpc) is 3.26. The van der Waals surface area contributed by atoms with E-state index in [1.165, 1.54) is 34.1 Å². The fraction of sp³-hybridized carbons (Fsp3) is 0.481. The summed E-state index contributed by atoms with van der Waals surface area (Å²) in [6, 6.07) is 1.85. The largest absolute Gasteiger partial charge is 0.466 e. The van der Waals surface area contributed by atoms with Crippen molar-refractivity contribution >= 4 is 23.8 Å². The number of hydrogen-bond donors (Lipinski definition) is 1. The summed E-state index contributed by atoms with van der Waals surface area (Å²) in [5.41, 5.74) is -0.974. The van der Waals surface area contributed by atoms with Gasteiger partial charge in [-0.3, -0.25) is 19.3 Å². The highest BCUT2D eigenvalue weighted by atomic mass is 19.4. The molecule has 1 saturated heterocycles. The van der Waals surface area contributed by atoms with Crippen LogP contribution in [0.5, 0.6) is 0 Å². The summed E-state index contributed by atoms with van der Waals surface area (Å²) in [7, 11) is 0. The molecule has 4 amide bonds. The van der Waals surface area contributed by atoms with Crippen LogP contribution in [0.3, 0.4) is 0 Å². The number of rotatable bonds is 7. The molecule has 0 aromatic heterocycles. The molecule has 3 aliphatic heterocycles. The Labute approximate surface area is 224 Å². The van der Waals surface area contributed by atoms with Gasteiger partial charge in [0.15, 0.2) is 0 Å². The van der Waals surface area contributed by atoms with E-state index in [0.29, 0.717) is 25.9 Å². The molecule has 9 nitrogen and oxygen atoms in total. The maximum atomic E-state index is 13.8. The molecule has 1 fully saturated rings. The second-order valence-corrected chi connectivity index (χ2v) is 9.69. The van der Waals surface area contributed by atoms with Crippen LogP contribution in [0.25, 0.3) is 0 Å². The van der Waals surface area contributed by atoms with Crippen LogP contribution in [0.1, 0.15) is 43.9 Å². The fourth-order valence-electron chi connectivity index (χ4n) is 5.38. The van der Waals surface area contributed by atoms with Crippen molar-refractivity contribution in [2.45, 2.75) is 44.9 Å². The highest BCUT2D eigenvalue weighted by Gasteiger charge is 2.48. The molecule has 1 aromatic rings. The number of nitrogens with zero attached hydrogens (tertiary/aromatic N) is 3. The lowest BCUT2D eigenvalue weighted by atomic mass is 9.91. The molecular weight excluding hydrogens is 517 g/mol. The number of amides is 4. The minimum Gasteiger partial charge on any atom is -0.466 e. The number of nitrogens with one attached hydrogen (secondary N) is 1. The second-order valence-electron chi connectivity index (χ2n) is 9.69. The molecule has 3 heterocycles. The molecule has 1 aromatic carbocycles. The number of hydrogen-bond acceptors (Lipinski definition) is 5. The van der Waals surface area contributed by atoms with Gasteiger partial charge in [-0.15, -0.1) is 6.58 Å². The highest BCUT2D eigenvalue weighted by molar-refractivity contribution is 6.03. The Morgan fingerprint density at radius 1 is 1.21 bits per heavy atom. The van der Waals surface area contributed by atoms with Crippen LogP contribution < -0.4 is 5.32 Å². The van der Waals surface area contributed by atoms with Crippen LogP contribution in [-0.4, -0.2) is 77.3 Å². The van der Waals surface area contributed by atoms with Gasteiger partial charge < -0.3 is 19.9 Å². The highest BCUT2D eigenvalue weighted by Crippen LogP contribution is 2.42. The van der Waals surface area contributed by atoms with Crippen molar-refractivity contribution in [2.24, 2.45) is 5.92 Å². The zero-order valence-corrected chi connectivity index (χ0v) is 21.8. The van der Waals surface area contributed by atoms with Crippen molar-refractivity contribution in [2.75, 3.05) is 32.8 Å². The standard InChI is InChI=1S/C27H31F3N4O5/c1-4-12-33-20-15-34(16(3)23(35)32-13-10-17(11-14-32)25(37)39-5-2)24(36)21(20)22(31-26(33)38)18-8-6-7-9-19(18)27(28,29)30/h4,6-9,16-17,22H,1,5,10-15H2,2-3H3,(H,31,38)/t16-,22-/m1/s1. The van der Waals surface area contributed by atoms with Crippen LogP contribution in [0, 0.1) is 5.92 Å². The molecule has 3 aliphatic rings. The first-order chi connectivity index (χ1) is 18.5. The van der Waals surface area contributed by atoms with Gasteiger partial charge in [-0.05, 0) is 38.3 Å². The van der Waals surface area contributed by atoms with Crippen LogP contribution in [0.15, 0.2) is 48.2 Å². The number of likely N-dealkylation sites (tertiary alicyclic amines) is 1. The Kier molecular flexibility index (Phi) is 8.03. The van der Waals surface area contributed by atoms with Crippen molar-refractivity contribution in [1.29, 1.82) is 0 Å². The third-order valence-corrected chi connectivity index (χ3v) is 7.39. The van der Waals surface area contributed by atoms with Gasteiger partial charge in [0.05, 0.1) is 41.9 Å². The number of halogens is 3. The molecule has 12 heteroatoms. The van der Waals surface area contributed by atoms with Gasteiger partial charge in [-0.25, -0.2) is 4.79 Å². The molecular formula is C27H31F3N4O5. The van der Waals surface area contributed by atoms with Gasteiger partial charge in [0, 0.05) is 19.6 Å². The maximum absolute atomic E-state index is 13.8. The number of alkyl halides is 3. The normalized spacial score (nSPS) is 21.1. The summed E-state index contributed by atoms with van der Waals surface area (Å²) in [5.74, 6) is -1.56. The first-order valence-corrected chi connectivity index (χ1v) is 12.8. The molecule has 0 saturated carbocycles. The van der Waals surface area contributed by atoms with E-state index in [2.05, 4.69) is 11.9 Å². The lowest BCUT2D eigenvalue weighted by Crippen LogP contribution is -2.51. The first kappa shape index (κ1) is 28.2. The third kappa shape index (κ3) is 5.37. The summed E-state index contributed by atoms with van der Waals surface area (Å²) in [5, 5.41) is 2.55. The van der Waals surface area contributed by atoms with Crippen molar-refractivity contribution in [3.63, 3.8) is 0 Å². The summed E-state index contributed by atoms with van der Waals surface area (Å²) >= 11 is 0. The number of benzene rings is 1. The molecule has 2 atom stereocenters. The molecule has 0 unspecified atom stereocenters. The minimum absolute atomic E-state index is 0.00572. The van der Waals surface area contributed by atoms with Crippen molar-refractivity contribution < 1.29 is 37.1 Å².